The lowest BCUT2D eigenvalue weighted by molar-refractivity contribution is -0.120. The number of ketones is 1. The monoisotopic (exact) mass is 264 g/mol. The van der Waals surface area contributed by atoms with Crippen molar-refractivity contribution < 1.29 is 9.53 Å². The van der Waals surface area contributed by atoms with Gasteiger partial charge in [-0.15, -0.1) is 0 Å². The van der Waals surface area contributed by atoms with Gasteiger partial charge in [0.15, 0.2) is 0 Å². The van der Waals surface area contributed by atoms with Crippen LogP contribution in [0.25, 0.3) is 0 Å². The van der Waals surface area contributed by atoms with Crippen LogP contribution in [-0.2, 0) is 23.0 Å². The van der Waals surface area contributed by atoms with Crippen LogP contribution >= 0.6 is 0 Å². The Hall–Kier alpha value is -1.16. The van der Waals surface area contributed by atoms with Gasteiger partial charge in [0.1, 0.15) is 5.78 Å². The van der Waals surface area contributed by atoms with E-state index in [0.29, 0.717) is 18.1 Å². The summed E-state index contributed by atoms with van der Waals surface area (Å²) in [6.07, 6.45) is 4.27. The van der Waals surface area contributed by atoms with Crippen molar-refractivity contribution in [3.63, 3.8) is 0 Å². The number of Topliss-reactive ketones (excluding diaryl/α,β-unsaturated/α-hetero) is 1. The third kappa shape index (κ3) is 3.66. The molecule has 1 aromatic heterocycles. The molecule has 0 aliphatic carbocycles. The molecular weight excluding hydrogens is 240 g/mol. The van der Waals surface area contributed by atoms with Gasteiger partial charge in [-0.3, -0.25) is 9.48 Å². The fourth-order valence-corrected chi connectivity index (χ4v) is 2.82. The van der Waals surface area contributed by atoms with E-state index in [2.05, 4.69) is 12.0 Å². The molecule has 1 aliphatic heterocycles. The molecule has 0 atom stereocenters. The van der Waals surface area contributed by atoms with Crippen LogP contribution < -0.4 is 0 Å². The topological polar surface area (TPSA) is 44.1 Å². The average Bonchev–Trinajstić information content (AvgIpc) is 2.62. The fourth-order valence-electron chi connectivity index (χ4n) is 2.82. The molecule has 4 heteroatoms. The van der Waals surface area contributed by atoms with Crippen LogP contribution in [0.15, 0.2) is 0 Å². The third-order valence-electron chi connectivity index (χ3n) is 4.17. The van der Waals surface area contributed by atoms with Crippen molar-refractivity contribution in [1.82, 2.24) is 9.78 Å². The van der Waals surface area contributed by atoms with E-state index in [9.17, 15) is 4.79 Å². The first-order valence-corrected chi connectivity index (χ1v) is 7.16. The van der Waals surface area contributed by atoms with Crippen molar-refractivity contribution in [3.05, 3.63) is 17.0 Å². The summed E-state index contributed by atoms with van der Waals surface area (Å²) in [7, 11) is 1.95. The van der Waals surface area contributed by atoms with Gasteiger partial charge >= 0.3 is 0 Å². The highest BCUT2D eigenvalue weighted by Gasteiger charge is 2.18. The summed E-state index contributed by atoms with van der Waals surface area (Å²) in [5.74, 6) is 0.923. The summed E-state index contributed by atoms with van der Waals surface area (Å²) in [6, 6.07) is 0. The number of aryl methyl sites for hydroxylation is 2. The summed E-state index contributed by atoms with van der Waals surface area (Å²) >= 11 is 0. The number of rotatable bonds is 5. The maximum absolute atomic E-state index is 12.0. The predicted molar refractivity (Wildman–Crippen MR) is 74.2 cm³/mol. The minimum atomic E-state index is 0.384. The molecule has 0 spiro atoms. The highest BCUT2D eigenvalue weighted by Crippen LogP contribution is 2.21. The van der Waals surface area contributed by atoms with Crippen LogP contribution in [-0.4, -0.2) is 28.8 Å². The number of aromatic nitrogens is 2. The Morgan fingerprint density at radius 3 is 2.63 bits per heavy atom. The summed E-state index contributed by atoms with van der Waals surface area (Å²) in [5, 5.41) is 4.39. The van der Waals surface area contributed by atoms with Gasteiger partial charge in [0.05, 0.1) is 5.69 Å². The molecule has 0 unspecified atom stereocenters. The van der Waals surface area contributed by atoms with Crippen molar-refractivity contribution in [2.24, 2.45) is 13.0 Å². The van der Waals surface area contributed by atoms with Gasteiger partial charge < -0.3 is 4.74 Å². The largest absolute Gasteiger partial charge is 0.381 e. The summed E-state index contributed by atoms with van der Waals surface area (Å²) in [4.78, 5) is 12.0. The number of hydrogen-bond acceptors (Lipinski definition) is 3. The van der Waals surface area contributed by atoms with Gasteiger partial charge in [0, 0.05) is 38.8 Å². The molecule has 106 valence electrons. The van der Waals surface area contributed by atoms with Gasteiger partial charge in [0.25, 0.3) is 0 Å². The lowest BCUT2D eigenvalue weighted by Gasteiger charge is -2.21. The fraction of sp³-hybridized carbons (Fsp3) is 0.733. The molecule has 0 N–H and O–H groups in total. The van der Waals surface area contributed by atoms with Crippen LogP contribution in [0.1, 0.15) is 42.6 Å². The van der Waals surface area contributed by atoms with Gasteiger partial charge in [-0.05, 0) is 44.6 Å². The van der Waals surface area contributed by atoms with Crippen LogP contribution in [0.5, 0.6) is 0 Å². The van der Waals surface area contributed by atoms with E-state index in [-0.39, 0.29) is 0 Å². The number of nitrogens with zero attached hydrogens (tertiary/aromatic N) is 2. The summed E-state index contributed by atoms with van der Waals surface area (Å²) < 4.78 is 7.22. The van der Waals surface area contributed by atoms with Crippen molar-refractivity contribution in [2.45, 2.75) is 46.0 Å². The van der Waals surface area contributed by atoms with E-state index >= 15 is 0 Å². The zero-order valence-corrected chi connectivity index (χ0v) is 12.2. The molecule has 0 amide bonds. The second-order valence-corrected chi connectivity index (χ2v) is 5.57. The quantitative estimate of drug-likeness (QED) is 0.820. The normalized spacial score (nSPS) is 16.8. The second kappa shape index (κ2) is 6.33. The molecule has 1 saturated heterocycles. The van der Waals surface area contributed by atoms with Crippen LogP contribution in [0.4, 0.5) is 0 Å². The number of hydrogen-bond donors (Lipinski definition) is 0. The standard InChI is InChI=1S/C15H24N2O2/c1-11-15(12(2)17(3)16-11)5-4-14(18)10-13-6-8-19-9-7-13/h13H,4-10H2,1-3H3. The molecule has 2 rings (SSSR count). The van der Waals surface area contributed by atoms with Gasteiger partial charge in [-0.25, -0.2) is 0 Å². The lowest BCUT2D eigenvalue weighted by Crippen LogP contribution is -2.19. The Morgan fingerprint density at radius 2 is 2.05 bits per heavy atom. The first kappa shape index (κ1) is 14.3. The van der Waals surface area contributed by atoms with Crippen molar-refractivity contribution in [3.8, 4) is 0 Å². The highest BCUT2D eigenvalue weighted by atomic mass is 16.5. The number of carbonyl (C=O) groups is 1. The smallest absolute Gasteiger partial charge is 0.133 e. The molecule has 1 aliphatic rings. The zero-order valence-electron chi connectivity index (χ0n) is 12.2. The van der Waals surface area contributed by atoms with Crippen LogP contribution in [0.3, 0.4) is 0 Å². The van der Waals surface area contributed by atoms with Gasteiger partial charge in [-0.2, -0.15) is 5.10 Å². The Kier molecular flexibility index (Phi) is 4.75. The first-order valence-electron chi connectivity index (χ1n) is 7.16. The van der Waals surface area contributed by atoms with E-state index in [1.807, 2.05) is 18.7 Å². The maximum Gasteiger partial charge on any atom is 0.133 e. The third-order valence-corrected chi connectivity index (χ3v) is 4.17. The predicted octanol–water partition coefficient (Wildman–Crippen LogP) is 2.36. The minimum absolute atomic E-state index is 0.384. The minimum Gasteiger partial charge on any atom is -0.381 e. The molecule has 4 nitrogen and oxygen atoms in total. The SMILES string of the molecule is Cc1nn(C)c(C)c1CCC(=O)CC1CCOCC1. The number of carbonyl (C=O) groups excluding carboxylic acids is 1. The van der Waals surface area contributed by atoms with Crippen molar-refractivity contribution >= 4 is 5.78 Å². The van der Waals surface area contributed by atoms with Crippen LogP contribution in [0.2, 0.25) is 0 Å². The Labute approximate surface area is 115 Å². The molecule has 19 heavy (non-hydrogen) atoms. The van der Waals surface area contributed by atoms with E-state index in [1.54, 1.807) is 0 Å². The highest BCUT2D eigenvalue weighted by molar-refractivity contribution is 5.78. The summed E-state index contributed by atoms with van der Waals surface area (Å²) in [5.41, 5.74) is 3.47. The van der Waals surface area contributed by atoms with E-state index in [4.69, 9.17) is 4.74 Å². The van der Waals surface area contributed by atoms with Gasteiger partial charge in [0.2, 0.25) is 0 Å². The molecule has 2 heterocycles. The molecule has 0 saturated carbocycles. The molecule has 0 aromatic carbocycles. The van der Waals surface area contributed by atoms with E-state index in [0.717, 1.165) is 44.6 Å². The molecular formula is C15H24N2O2. The van der Waals surface area contributed by atoms with E-state index < -0.39 is 0 Å². The maximum atomic E-state index is 12.0. The van der Waals surface area contributed by atoms with Gasteiger partial charge in [-0.1, -0.05) is 0 Å². The van der Waals surface area contributed by atoms with Crippen molar-refractivity contribution in [1.29, 1.82) is 0 Å². The Balaban J connectivity index is 1.82. The Morgan fingerprint density at radius 1 is 1.37 bits per heavy atom. The summed E-state index contributed by atoms with van der Waals surface area (Å²) in [6.45, 7) is 5.72. The molecule has 1 aromatic rings. The first-order chi connectivity index (χ1) is 9.08. The lowest BCUT2D eigenvalue weighted by atomic mass is 9.92. The molecule has 1 fully saturated rings. The zero-order chi connectivity index (χ0) is 13.8. The second-order valence-electron chi connectivity index (χ2n) is 5.57. The van der Waals surface area contributed by atoms with E-state index in [1.165, 1.54) is 11.3 Å². The number of ether oxygens (including phenoxy) is 1. The van der Waals surface area contributed by atoms with Crippen molar-refractivity contribution in [2.75, 3.05) is 13.2 Å². The average molecular weight is 264 g/mol. The molecule has 0 bridgehead atoms. The van der Waals surface area contributed by atoms with Crippen LogP contribution in [0, 0.1) is 19.8 Å². The molecule has 0 radical (unpaired) electrons. The Bertz CT molecular complexity index is 445.